The number of phenols is 1. The van der Waals surface area contributed by atoms with Gasteiger partial charge in [0.05, 0.1) is 12.1 Å². The summed E-state index contributed by atoms with van der Waals surface area (Å²) in [4.78, 5) is 12.0. The van der Waals surface area contributed by atoms with E-state index in [1.165, 1.54) is 6.07 Å². The minimum atomic E-state index is -0.193. The average Bonchev–Trinajstić information content (AvgIpc) is 2.79. The number of hydrogen-bond donors (Lipinski definition) is 3. The van der Waals surface area contributed by atoms with Crippen LogP contribution < -0.4 is 10.6 Å². The number of benzene rings is 1. The first kappa shape index (κ1) is 12.9. The average molecular weight is 250 g/mol. The Labute approximate surface area is 106 Å². The Morgan fingerprint density at radius 1 is 1.50 bits per heavy atom. The summed E-state index contributed by atoms with van der Waals surface area (Å²) in [6.45, 7) is 3.22. The van der Waals surface area contributed by atoms with Crippen LogP contribution in [0.15, 0.2) is 18.2 Å². The summed E-state index contributed by atoms with van der Waals surface area (Å²) in [6.07, 6.45) is -0.00649. The topological polar surface area (TPSA) is 70.6 Å². The van der Waals surface area contributed by atoms with E-state index in [1.54, 1.807) is 26.2 Å². The van der Waals surface area contributed by atoms with Crippen molar-refractivity contribution in [2.75, 3.05) is 20.2 Å². The fraction of sp³-hybridized carbons (Fsp3) is 0.462. The van der Waals surface area contributed by atoms with E-state index in [-0.39, 0.29) is 23.8 Å². The summed E-state index contributed by atoms with van der Waals surface area (Å²) in [5.41, 5.74) is 1.21. The highest BCUT2D eigenvalue weighted by molar-refractivity contribution is 5.95. The van der Waals surface area contributed by atoms with Gasteiger partial charge >= 0.3 is 0 Å². The van der Waals surface area contributed by atoms with Gasteiger partial charge in [-0.3, -0.25) is 4.79 Å². The molecule has 0 aliphatic carbocycles. The molecule has 1 heterocycles. The molecule has 1 aromatic rings. The maximum atomic E-state index is 12.0. The molecule has 3 N–H and O–H groups in total. The van der Waals surface area contributed by atoms with Gasteiger partial charge in [-0.2, -0.15) is 0 Å². The molecule has 2 atom stereocenters. The smallest absolute Gasteiger partial charge is 0.251 e. The molecule has 5 nitrogen and oxygen atoms in total. The van der Waals surface area contributed by atoms with Gasteiger partial charge in [0, 0.05) is 25.8 Å². The lowest BCUT2D eigenvalue weighted by Gasteiger charge is -2.18. The number of hydrogen-bond acceptors (Lipinski definition) is 4. The minimum Gasteiger partial charge on any atom is -0.508 e. The molecule has 0 spiro atoms. The second kappa shape index (κ2) is 5.37. The van der Waals surface area contributed by atoms with Crippen LogP contribution in [0.5, 0.6) is 5.75 Å². The lowest BCUT2D eigenvalue weighted by Crippen LogP contribution is -2.43. The van der Waals surface area contributed by atoms with Crippen LogP contribution in [0.25, 0.3) is 0 Å². The second-order valence-corrected chi connectivity index (χ2v) is 4.51. The zero-order valence-electron chi connectivity index (χ0n) is 10.6. The van der Waals surface area contributed by atoms with E-state index < -0.39 is 0 Å². The van der Waals surface area contributed by atoms with Crippen molar-refractivity contribution in [2.45, 2.75) is 19.1 Å². The fourth-order valence-electron chi connectivity index (χ4n) is 2.05. The van der Waals surface area contributed by atoms with Crippen molar-refractivity contribution in [3.63, 3.8) is 0 Å². The van der Waals surface area contributed by atoms with Gasteiger partial charge in [0.2, 0.25) is 0 Å². The maximum absolute atomic E-state index is 12.0. The van der Waals surface area contributed by atoms with Gasteiger partial charge in [-0.1, -0.05) is 6.07 Å². The third kappa shape index (κ3) is 2.63. The van der Waals surface area contributed by atoms with E-state index in [4.69, 9.17) is 4.74 Å². The van der Waals surface area contributed by atoms with Crippen LogP contribution in [-0.2, 0) is 4.74 Å². The molecule has 0 aromatic heterocycles. The third-order valence-corrected chi connectivity index (χ3v) is 3.25. The molecular formula is C13H18N2O3. The van der Waals surface area contributed by atoms with Crippen molar-refractivity contribution in [1.82, 2.24) is 10.6 Å². The van der Waals surface area contributed by atoms with Crippen molar-refractivity contribution < 1.29 is 14.6 Å². The number of ether oxygens (including phenoxy) is 1. The Hall–Kier alpha value is -1.59. The Morgan fingerprint density at radius 3 is 2.94 bits per heavy atom. The number of carbonyl (C=O) groups is 1. The lowest BCUT2D eigenvalue weighted by molar-refractivity contribution is 0.0779. The van der Waals surface area contributed by atoms with Gasteiger partial charge in [-0.15, -0.1) is 0 Å². The van der Waals surface area contributed by atoms with E-state index in [9.17, 15) is 9.90 Å². The first-order valence-corrected chi connectivity index (χ1v) is 5.96. The summed E-state index contributed by atoms with van der Waals surface area (Å²) in [5, 5.41) is 15.7. The molecule has 98 valence electrons. The quantitative estimate of drug-likeness (QED) is 0.727. The van der Waals surface area contributed by atoms with Gasteiger partial charge in [0.25, 0.3) is 5.91 Å². The van der Waals surface area contributed by atoms with Gasteiger partial charge in [0.15, 0.2) is 0 Å². The van der Waals surface area contributed by atoms with Crippen LogP contribution >= 0.6 is 0 Å². The number of methoxy groups -OCH3 is 1. The molecule has 1 fully saturated rings. The summed E-state index contributed by atoms with van der Waals surface area (Å²) in [6, 6.07) is 4.87. The first-order chi connectivity index (χ1) is 8.61. The van der Waals surface area contributed by atoms with E-state index in [1.807, 2.05) is 0 Å². The van der Waals surface area contributed by atoms with E-state index in [0.717, 1.165) is 12.1 Å². The second-order valence-electron chi connectivity index (χ2n) is 4.51. The number of amides is 1. The third-order valence-electron chi connectivity index (χ3n) is 3.25. The molecule has 1 aliphatic heterocycles. The molecule has 1 amide bonds. The summed E-state index contributed by atoms with van der Waals surface area (Å²) in [5.74, 6) is -0.0588. The number of aromatic hydroxyl groups is 1. The van der Waals surface area contributed by atoms with E-state index in [2.05, 4.69) is 10.6 Å². The molecule has 0 saturated carbocycles. The highest BCUT2D eigenvalue weighted by Gasteiger charge is 2.28. The number of rotatable bonds is 3. The van der Waals surface area contributed by atoms with E-state index >= 15 is 0 Å². The molecule has 1 saturated heterocycles. The first-order valence-electron chi connectivity index (χ1n) is 5.96. The monoisotopic (exact) mass is 250 g/mol. The molecular weight excluding hydrogens is 232 g/mol. The summed E-state index contributed by atoms with van der Waals surface area (Å²) >= 11 is 0. The summed E-state index contributed by atoms with van der Waals surface area (Å²) < 4.78 is 5.28. The summed E-state index contributed by atoms with van der Waals surface area (Å²) in [7, 11) is 1.63. The van der Waals surface area contributed by atoms with Crippen LogP contribution in [-0.4, -0.2) is 43.4 Å². The van der Waals surface area contributed by atoms with Crippen molar-refractivity contribution in [2.24, 2.45) is 0 Å². The standard InChI is InChI=1S/C13H18N2O3/c1-8-3-4-9(5-11(8)16)13(17)15-10-6-14-7-12(10)18-2/h3-5,10,12,14,16H,6-7H2,1-2H3,(H,15,17)/t10?,12-/m0/s1. The Morgan fingerprint density at radius 2 is 2.28 bits per heavy atom. The lowest BCUT2D eigenvalue weighted by atomic mass is 10.1. The van der Waals surface area contributed by atoms with Crippen molar-refractivity contribution >= 4 is 5.91 Å². The minimum absolute atomic E-state index is 0.00649. The molecule has 0 radical (unpaired) electrons. The normalized spacial score (nSPS) is 23.0. The van der Waals surface area contributed by atoms with Gasteiger partial charge in [-0.05, 0) is 24.6 Å². The van der Waals surface area contributed by atoms with E-state index in [0.29, 0.717) is 12.1 Å². The van der Waals surface area contributed by atoms with Gasteiger partial charge in [0.1, 0.15) is 5.75 Å². The zero-order valence-corrected chi connectivity index (χ0v) is 10.6. The van der Waals surface area contributed by atoms with Gasteiger partial charge < -0.3 is 20.5 Å². The largest absolute Gasteiger partial charge is 0.508 e. The predicted octanol–water partition coefficient (Wildman–Crippen LogP) is 0.417. The van der Waals surface area contributed by atoms with Crippen LogP contribution in [0.1, 0.15) is 15.9 Å². The number of aryl methyl sites for hydroxylation is 1. The predicted molar refractivity (Wildman–Crippen MR) is 67.8 cm³/mol. The van der Waals surface area contributed by atoms with Crippen LogP contribution in [0.4, 0.5) is 0 Å². The molecule has 0 bridgehead atoms. The van der Waals surface area contributed by atoms with Crippen LogP contribution in [0.3, 0.4) is 0 Å². The molecule has 5 heteroatoms. The number of nitrogens with one attached hydrogen (secondary N) is 2. The maximum Gasteiger partial charge on any atom is 0.251 e. The number of carbonyl (C=O) groups excluding carboxylic acids is 1. The Bertz CT molecular complexity index is 448. The SMILES string of the molecule is CO[C@H]1CNCC1NC(=O)c1ccc(C)c(O)c1. The molecule has 1 unspecified atom stereocenters. The van der Waals surface area contributed by atoms with Crippen LogP contribution in [0.2, 0.25) is 0 Å². The molecule has 18 heavy (non-hydrogen) atoms. The van der Waals surface area contributed by atoms with Gasteiger partial charge in [-0.25, -0.2) is 0 Å². The zero-order chi connectivity index (χ0) is 13.1. The highest BCUT2D eigenvalue weighted by atomic mass is 16.5. The highest BCUT2D eigenvalue weighted by Crippen LogP contribution is 2.17. The van der Waals surface area contributed by atoms with Crippen LogP contribution in [0, 0.1) is 6.92 Å². The van der Waals surface area contributed by atoms with Crippen molar-refractivity contribution in [3.8, 4) is 5.75 Å². The Kier molecular flexibility index (Phi) is 3.84. The number of phenolic OH excluding ortho intramolecular Hbond substituents is 1. The van der Waals surface area contributed by atoms with Crippen molar-refractivity contribution in [1.29, 1.82) is 0 Å². The van der Waals surface area contributed by atoms with Crippen molar-refractivity contribution in [3.05, 3.63) is 29.3 Å². The Balaban J connectivity index is 2.05. The molecule has 1 aromatic carbocycles. The fourth-order valence-corrected chi connectivity index (χ4v) is 2.05. The molecule has 2 rings (SSSR count). The molecule has 1 aliphatic rings.